The standard InChI is InChI=1S/C14H18N2O4/c1-20-7-6-11(15)13(17)16-8-10(14(18)19)9-4-2-3-5-12(9)16/h2-5,10-11H,6-8,15H2,1H3,(H,18,19). The average molecular weight is 278 g/mol. The van der Waals surface area contributed by atoms with Crippen LogP contribution in [0, 0.1) is 0 Å². The van der Waals surface area contributed by atoms with Gasteiger partial charge in [0.2, 0.25) is 5.91 Å². The fourth-order valence-electron chi connectivity index (χ4n) is 2.40. The normalized spacial score (nSPS) is 18.7. The Balaban J connectivity index is 2.22. The minimum atomic E-state index is -0.932. The summed E-state index contributed by atoms with van der Waals surface area (Å²) in [6.07, 6.45) is 0.408. The summed E-state index contributed by atoms with van der Waals surface area (Å²) in [5, 5.41) is 9.25. The van der Waals surface area contributed by atoms with Gasteiger partial charge in [0.05, 0.1) is 6.04 Å². The molecule has 1 amide bonds. The molecule has 0 aliphatic carbocycles. The fraction of sp³-hybridized carbons (Fsp3) is 0.429. The third-order valence-corrected chi connectivity index (χ3v) is 3.48. The van der Waals surface area contributed by atoms with Crippen LogP contribution in [-0.2, 0) is 14.3 Å². The summed E-state index contributed by atoms with van der Waals surface area (Å²) in [5.41, 5.74) is 7.14. The van der Waals surface area contributed by atoms with E-state index in [1.165, 1.54) is 4.90 Å². The second kappa shape index (κ2) is 6.02. The minimum Gasteiger partial charge on any atom is -0.481 e. The maximum Gasteiger partial charge on any atom is 0.312 e. The number of benzene rings is 1. The topological polar surface area (TPSA) is 92.9 Å². The number of aliphatic carboxylic acids is 1. The largest absolute Gasteiger partial charge is 0.481 e. The molecule has 0 fully saturated rings. The van der Waals surface area contributed by atoms with E-state index in [1.54, 1.807) is 31.4 Å². The lowest BCUT2D eigenvalue weighted by Crippen LogP contribution is -2.44. The summed E-state index contributed by atoms with van der Waals surface area (Å²) in [4.78, 5) is 25.1. The molecular formula is C14H18N2O4. The Morgan fingerprint density at radius 2 is 2.20 bits per heavy atom. The Morgan fingerprint density at radius 3 is 2.85 bits per heavy atom. The third-order valence-electron chi connectivity index (χ3n) is 3.48. The van der Waals surface area contributed by atoms with Crippen LogP contribution < -0.4 is 10.6 Å². The Labute approximate surface area is 117 Å². The quantitative estimate of drug-likeness (QED) is 0.821. The van der Waals surface area contributed by atoms with Gasteiger partial charge in [-0.2, -0.15) is 0 Å². The van der Waals surface area contributed by atoms with Gasteiger partial charge in [0, 0.05) is 25.9 Å². The second-order valence-electron chi connectivity index (χ2n) is 4.79. The van der Waals surface area contributed by atoms with Gasteiger partial charge in [-0.1, -0.05) is 18.2 Å². The van der Waals surface area contributed by atoms with E-state index in [0.29, 0.717) is 24.3 Å². The predicted octanol–water partition coefficient (Wildman–Crippen LogP) is 0.565. The van der Waals surface area contributed by atoms with Crippen molar-refractivity contribution < 1.29 is 19.4 Å². The van der Waals surface area contributed by atoms with Crippen molar-refractivity contribution in [3.8, 4) is 0 Å². The molecule has 20 heavy (non-hydrogen) atoms. The number of nitrogens with zero attached hydrogens (tertiary/aromatic N) is 1. The van der Waals surface area contributed by atoms with Gasteiger partial charge in [-0.15, -0.1) is 0 Å². The second-order valence-corrected chi connectivity index (χ2v) is 4.79. The zero-order valence-electron chi connectivity index (χ0n) is 11.3. The van der Waals surface area contributed by atoms with E-state index in [-0.39, 0.29) is 12.5 Å². The molecule has 0 bridgehead atoms. The molecule has 1 heterocycles. The lowest BCUT2D eigenvalue weighted by Gasteiger charge is -2.21. The number of carboxylic acid groups (broad SMARTS) is 1. The van der Waals surface area contributed by atoms with Gasteiger partial charge in [-0.05, 0) is 18.1 Å². The molecule has 1 aliphatic rings. The van der Waals surface area contributed by atoms with E-state index >= 15 is 0 Å². The highest BCUT2D eigenvalue weighted by atomic mass is 16.5. The van der Waals surface area contributed by atoms with Crippen LogP contribution in [0.2, 0.25) is 0 Å². The molecule has 6 nitrogen and oxygen atoms in total. The molecule has 0 saturated carbocycles. The van der Waals surface area contributed by atoms with Crippen molar-refractivity contribution in [2.24, 2.45) is 5.73 Å². The minimum absolute atomic E-state index is 0.133. The first kappa shape index (κ1) is 14.5. The molecule has 1 aromatic carbocycles. The van der Waals surface area contributed by atoms with Gasteiger partial charge < -0.3 is 20.5 Å². The van der Waals surface area contributed by atoms with Crippen molar-refractivity contribution in [1.82, 2.24) is 0 Å². The average Bonchev–Trinajstić information content (AvgIpc) is 2.83. The van der Waals surface area contributed by atoms with Crippen LogP contribution in [-0.4, -0.2) is 43.3 Å². The number of methoxy groups -OCH3 is 1. The number of hydrogen-bond donors (Lipinski definition) is 2. The molecule has 2 unspecified atom stereocenters. The van der Waals surface area contributed by atoms with Crippen molar-refractivity contribution in [3.05, 3.63) is 29.8 Å². The van der Waals surface area contributed by atoms with E-state index < -0.39 is 17.9 Å². The third kappa shape index (κ3) is 2.66. The van der Waals surface area contributed by atoms with Crippen LogP contribution in [0.3, 0.4) is 0 Å². The Bertz CT molecular complexity index is 518. The molecular weight excluding hydrogens is 260 g/mol. The number of nitrogens with two attached hydrogens (primary N) is 1. The maximum absolute atomic E-state index is 12.3. The van der Waals surface area contributed by atoms with Crippen LogP contribution in [0.4, 0.5) is 5.69 Å². The molecule has 3 N–H and O–H groups in total. The van der Waals surface area contributed by atoms with Crippen LogP contribution in [0.15, 0.2) is 24.3 Å². The van der Waals surface area contributed by atoms with Crippen LogP contribution >= 0.6 is 0 Å². The number of para-hydroxylation sites is 1. The first-order chi connectivity index (χ1) is 9.56. The first-order valence-corrected chi connectivity index (χ1v) is 6.44. The molecule has 1 aliphatic heterocycles. The molecule has 108 valence electrons. The van der Waals surface area contributed by atoms with Gasteiger partial charge in [0.1, 0.15) is 5.92 Å². The highest BCUT2D eigenvalue weighted by Gasteiger charge is 2.37. The van der Waals surface area contributed by atoms with Gasteiger partial charge in [-0.25, -0.2) is 0 Å². The summed E-state index contributed by atoms with van der Waals surface area (Å²) in [6, 6.07) is 6.36. The lowest BCUT2D eigenvalue weighted by atomic mass is 10.0. The Kier molecular flexibility index (Phi) is 4.36. The number of carbonyl (C=O) groups is 2. The SMILES string of the molecule is COCCC(N)C(=O)N1CC(C(=O)O)c2ccccc21. The zero-order valence-corrected chi connectivity index (χ0v) is 11.3. The number of carbonyl (C=O) groups excluding carboxylic acids is 1. The smallest absolute Gasteiger partial charge is 0.312 e. The number of amides is 1. The fourth-order valence-corrected chi connectivity index (χ4v) is 2.40. The monoisotopic (exact) mass is 278 g/mol. The molecule has 0 aromatic heterocycles. The molecule has 6 heteroatoms. The number of hydrogen-bond acceptors (Lipinski definition) is 4. The summed E-state index contributed by atoms with van der Waals surface area (Å²) in [6.45, 7) is 0.527. The van der Waals surface area contributed by atoms with Gasteiger partial charge in [0.25, 0.3) is 0 Å². The van der Waals surface area contributed by atoms with Crippen LogP contribution in [0.1, 0.15) is 17.9 Å². The van der Waals surface area contributed by atoms with E-state index in [9.17, 15) is 14.7 Å². The van der Waals surface area contributed by atoms with Crippen LogP contribution in [0.25, 0.3) is 0 Å². The number of anilines is 1. The summed E-state index contributed by atoms with van der Waals surface area (Å²) < 4.78 is 4.91. The lowest BCUT2D eigenvalue weighted by molar-refractivity contribution is -0.138. The van der Waals surface area contributed by atoms with Crippen molar-refractivity contribution in [1.29, 1.82) is 0 Å². The van der Waals surface area contributed by atoms with Crippen molar-refractivity contribution in [3.63, 3.8) is 0 Å². The van der Waals surface area contributed by atoms with Gasteiger partial charge in [-0.3, -0.25) is 9.59 Å². The number of fused-ring (bicyclic) bond motifs is 1. The summed E-state index contributed by atoms with van der Waals surface area (Å²) in [7, 11) is 1.54. The summed E-state index contributed by atoms with van der Waals surface area (Å²) >= 11 is 0. The van der Waals surface area contributed by atoms with Crippen molar-refractivity contribution in [2.45, 2.75) is 18.4 Å². The summed E-state index contributed by atoms with van der Waals surface area (Å²) in [5.74, 6) is -1.89. The van der Waals surface area contributed by atoms with E-state index in [2.05, 4.69) is 0 Å². The van der Waals surface area contributed by atoms with Crippen LogP contribution in [0.5, 0.6) is 0 Å². The highest BCUT2D eigenvalue weighted by molar-refractivity contribution is 6.01. The molecule has 2 atom stereocenters. The first-order valence-electron chi connectivity index (χ1n) is 6.44. The number of carboxylic acids is 1. The van der Waals surface area contributed by atoms with E-state index in [0.717, 1.165) is 0 Å². The Morgan fingerprint density at radius 1 is 1.50 bits per heavy atom. The van der Waals surface area contributed by atoms with Crippen molar-refractivity contribution in [2.75, 3.05) is 25.2 Å². The molecule has 0 spiro atoms. The predicted molar refractivity (Wildman–Crippen MR) is 73.6 cm³/mol. The molecule has 0 radical (unpaired) electrons. The molecule has 0 saturated heterocycles. The number of rotatable bonds is 5. The molecule has 1 aromatic rings. The molecule has 2 rings (SSSR count). The van der Waals surface area contributed by atoms with Gasteiger partial charge in [0.15, 0.2) is 0 Å². The van der Waals surface area contributed by atoms with Gasteiger partial charge >= 0.3 is 5.97 Å². The highest BCUT2D eigenvalue weighted by Crippen LogP contribution is 2.36. The van der Waals surface area contributed by atoms with E-state index in [4.69, 9.17) is 10.5 Å². The number of ether oxygens (including phenoxy) is 1. The van der Waals surface area contributed by atoms with Crippen molar-refractivity contribution >= 4 is 17.6 Å². The van der Waals surface area contributed by atoms with E-state index in [1.807, 2.05) is 0 Å². The Hall–Kier alpha value is -1.92. The maximum atomic E-state index is 12.3. The zero-order chi connectivity index (χ0) is 14.7.